The van der Waals surface area contributed by atoms with Crippen LogP contribution in [0.25, 0.3) is 0 Å². The highest BCUT2D eigenvalue weighted by atomic mass is 16.5. The fourth-order valence-electron chi connectivity index (χ4n) is 0.648. The van der Waals surface area contributed by atoms with E-state index in [9.17, 15) is 4.79 Å². The van der Waals surface area contributed by atoms with E-state index in [1.807, 2.05) is 13.1 Å². The van der Waals surface area contributed by atoms with Crippen molar-refractivity contribution in [2.75, 3.05) is 26.7 Å². The highest BCUT2D eigenvalue weighted by Gasteiger charge is 1.93. The largest absolute Gasteiger partial charge is 0.463 e. The Bertz CT molecular complexity index is 155. The summed E-state index contributed by atoms with van der Waals surface area (Å²) in [6.45, 7) is 6.07. The molecule has 0 heterocycles. The Morgan fingerprint density at radius 3 is 2.67 bits per heavy atom. The fraction of sp³-hybridized carbons (Fsp3) is 0.667. The Hall–Kier alpha value is -0.830. The molecule has 12 heavy (non-hydrogen) atoms. The van der Waals surface area contributed by atoms with Gasteiger partial charge in [0.25, 0.3) is 0 Å². The molecule has 0 fully saturated rings. The predicted molar refractivity (Wildman–Crippen MR) is 48.9 cm³/mol. The number of nitrogens with zero attached hydrogens (tertiary/aromatic N) is 1. The van der Waals surface area contributed by atoms with E-state index in [2.05, 4.69) is 11.8 Å². The average molecular weight is 171 g/mol. The van der Waals surface area contributed by atoms with E-state index in [1.54, 1.807) is 6.92 Å². The Morgan fingerprint density at radius 2 is 2.17 bits per heavy atom. The molecule has 0 aromatic heterocycles. The zero-order valence-corrected chi connectivity index (χ0v) is 8.04. The highest BCUT2D eigenvalue weighted by molar-refractivity contribution is 5.81. The first-order chi connectivity index (χ1) is 5.70. The topological polar surface area (TPSA) is 29.5 Å². The summed E-state index contributed by atoms with van der Waals surface area (Å²) in [5, 5.41) is 0. The van der Waals surface area contributed by atoms with Crippen LogP contribution >= 0.6 is 0 Å². The van der Waals surface area contributed by atoms with Gasteiger partial charge in [0, 0.05) is 12.6 Å². The molecule has 0 rings (SSSR count). The lowest BCUT2D eigenvalue weighted by molar-refractivity contribution is -0.137. The summed E-state index contributed by atoms with van der Waals surface area (Å²) in [6.07, 6.45) is 3.27. The number of hydrogen-bond acceptors (Lipinski definition) is 3. The number of rotatable bonds is 5. The first-order valence-corrected chi connectivity index (χ1v) is 4.22. The normalized spacial score (nSPS) is 11.0. The van der Waals surface area contributed by atoms with E-state index < -0.39 is 0 Å². The molecule has 0 aromatic rings. The molecule has 0 saturated carbocycles. The molecule has 0 spiro atoms. The molecule has 0 bridgehead atoms. The summed E-state index contributed by atoms with van der Waals surface area (Å²) in [7, 11) is 2.00. The molecule has 0 aromatic carbocycles. The highest BCUT2D eigenvalue weighted by Crippen LogP contribution is 1.84. The van der Waals surface area contributed by atoms with Gasteiger partial charge in [-0.1, -0.05) is 13.0 Å². The summed E-state index contributed by atoms with van der Waals surface area (Å²) in [4.78, 5) is 12.9. The molecule has 0 aliphatic rings. The number of esters is 1. The van der Waals surface area contributed by atoms with E-state index >= 15 is 0 Å². The standard InChI is InChI=1S/C9H17NO2/c1-4-10(3)8-6-7-9(11)12-5-2/h6-7H,4-5,8H2,1-3H3/b7-6+. The summed E-state index contributed by atoms with van der Waals surface area (Å²) >= 11 is 0. The summed E-state index contributed by atoms with van der Waals surface area (Å²) in [6, 6.07) is 0. The van der Waals surface area contributed by atoms with Gasteiger partial charge < -0.3 is 9.64 Å². The average Bonchev–Trinajstić information content (AvgIpc) is 2.04. The molecule has 0 N–H and O–H groups in total. The zero-order chi connectivity index (χ0) is 9.40. The molecular weight excluding hydrogens is 154 g/mol. The number of carbonyl (C=O) groups excluding carboxylic acids is 1. The minimum absolute atomic E-state index is 0.262. The lowest BCUT2D eigenvalue weighted by atomic mass is 10.4. The monoisotopic (exact) mass is 171 g/mol. The number of ether oxygens (including phenoxy) is 1. The number of hydrogen-bond donors (Lipinski definition) is 0. The molecule has 0 aliphatic heterocycles. The molecule has 0 saturated heterocycles. The van der Waals surface area contributed by atoms with Gasteiger partial charge >= 0.3 is 5.97 Å². The van der Waals surface area contributed by atoms with Crippen molar-refractivity contribution in [2.24, 2.45) is 0 Å². The van der Waals surface area contributed by atoms with Gasteiger partial charge in [0.2, 0.25) is 0 Å². The van der Waals surface area contributed by atoms with Gasteiger partial charge in [-0.3, -0.25) is 0 Å². The summed E-state index contributed by atoms with van der Waals surface area (Å²) in [5.41, 5.74) is 0. The molecule has 0 atom stereocenters. The zero-order valence-electron chi connectivity index (χ0n) is 8.04. The maximum absolute atomic E-state index is 10.8. The van der Waals surface area contributed by atoms with Gasteiger partial charge in [-0.25, -0.2) is 4.79 Å². The fourth-order valence-corrected chi connectivity index (χ4v) is 0.648. The third-order valence-electron chi connectivity index (χ3n) is 1.50. The minimum atomic E-state index is -0.262. The van der Waals surface area contributed by atoms with Crippen LogP contribution in [0, 0.1) is 0 Å². The summed E-state index contributed by atoms with van der Waals surface area (Å²) < 4.78 is 4.71. The molecule has 0 unspecified atom stereocenters. The van der Waals surface area contributed by atoms with Crippen LogP contribution in [0.3, 0.4) is 0 Å². The van der Waals surface area contributed by atoms with E-state index in [1.165, 1.54) is 6.08 Å². The second-order valence-electron chi connectivity index (χ2n) is 2.51. The van der Waals surface area contributed by atoms with Crippen molar-refractivity contribution in [1.82, 2.24) is 4.90 Å². The Morgan fingerprint density at radius 1 is 1.50 bits per heavy atom. The van der Waals surface area contributed by atoms with Crippen LogP contribution < -0.4 is 0 Å². The van der Waals surface area contributed by atoms with Crippen LogP contribution in [0.4, 0.5) is 0 Å². The third-order valence-corrected chi connectivity index (χ3v) is 1.50. The van der Waals surface area contributed by atoms with Gasteiger partial charge in [0.05, 0.1) is 6.61 Å². The Kier molecular flexibility index (Phi) is 6.38. The quantitative estimate of drug-likeness (QED) is 0.457. The Balaban J connectivity index is 3.54. The van der Waals surface area contributed by atoms with Crippen LogP contribution in [0.5, 0.6) is 0 Å². The first kappa shape index (κ1) is 11.2. The van der Waals surface area contributed by atoms with Crippen LogP contribution in [-0.4, -0.2) is 37.6 Å². The lowest BCUT2D eigenvalue weighted by Gasteiger charge is -2.09. The lowest BCUT2D eigenvalue weighted by Crippen LogP contribution is -2.17. The molecule has 0 amide bonds. The maximum Gasteiger partial charge on any atom is 0.330 e. The maximum atomic E-state index is 10.8. The van der Waals surface area contributed by atoms with Crippen LogP contribution in [-0.2, 0) is 9.53 Å². The van der Waals surface area contributed by atoms with E-state index in [4.69, 9.17) is 4.74 Å². The van der Waals surface area contributed by atoms with Crippen molar-refractivity contribution >= 4 is 5.97 Å². The Labute approximate surface area is 74.0 Å². The molecule has 3 nitrogen and oxygen atoms in total. The summed E-state index contributed by atoms with van der Waals surface area (Å²) in [5.74, 6) is -0.262. The van der Waals surface area contributed by atoms with Crippen LogP contribution in [0.1, 0.15) is 13.8 Å². The van der Waals surface area contributed by atoms with Gasteiger partial charge in [0.15, 0.2) is 0 Å². The van der Waals surface area contributed by atoms with Gasteiger partial charge in [0.1, 0.15) is 0 Å². The van der Waals surface area contributed by atoms with Gasteiger partial charge in [-0.15, -0.1) is 0 Å². The van der Waals surface area contributed by atoms with Crippen molar-refractivity contribution in [3.05, 3.63) is 12.2 Å². The van der Waals surface area contributed by atoms with Crippen molar-refractivity contribution in [3.8, 4) is 0 Å². The van der Waals surface area contributed by atoms with Crippen molar-refractivity contribution < 1.29 is 9.53 Å². The molecule has 0 aliphatic carbocycles. The smallest absolute Gasteiger partial charge is 0.330 e. The van der Waals surface area contributed by atoms with Crippen LogP contribution in [0.2, 0.25) is 0 Å². The second kappa shape index (κ2) is 6.85. The van der Waals surface area contributed by atoms with Crippen molar-refractivity contribution in [3.63, 3.8) is 0 Å². The molecule has 0 radical (unpaired) electrons. The van der Waals surface area contributed by atoms with Crippen molar-refractivity contribution in [2.45, 2.75) is 13.8 Å². The van der Waals surface area contributed by atoms with E-state index in [-0.39, 0.29) is 5.97 Å². The number of carbonyl (C=O) groups is 1. The first-order valence-electron chi connectivity index (χ1n) is 4.22. The van der Waals surface area contributed by atoms with Crippen molar-refractivity contribution in [1.29, 1.82) is 0 Å². The molecular formula is C9H17NO2. The molecule has 70 valence electrons. The third kappa shape index (κ3) is 5.92. The second-order valence-corrected chi connectivity index (χ2v) is 2.51. The SMILES string of the molecule is CCOC(=O)/C=C/CN(C)CC. The minimum Gasteiger partial charge on any atom is -0.463 e. The number of likely N-dealkylation sites (N-methyl/N-ethyl adjacent to an activating group) is 1. The molecule has 3 heteroatoms. The van der Waals surface area contributed by atoms with Crippen LogP contribution in [0.15, 0.2) is 12.2 Å². The predicted octanol–water partition coefficient (Wildman–Crippen LogP) is 1.06. The van der Waals surface area contributed by atoms with E-state index in [0.29, 0.717) is 6.61 Å². The van der Waals surface area contributed by atoms with E-state index in [0.717, 1.165) is 13.1 Å². The van der Waals surface area contributed by atoms with Gasteiger partial charge in [-0.2, -0.15) is 0 Å². The van der Waals surface area contributed by atoms with Gasteiger partial charge in [-0.05, 0) is 20.5 Å².